The first-order chi connectivity index (χ1) is 17.3. The van der Waals surface area contributed by atoms with Crippen LogP contribution in [0.3, 0.4) is 0 Å². The molecule has 6 nitrogen and oxygen atoms in total. The Morgan fingerprint density at radius 1 is 1.08 bits per heavy atom. The van der Waals surface area contributed by atoms with Gasteiger partial charge in [-0.3, -0.25) is 14.6 Å². The molecule has 0 spiro atoms. The molecule has 4 rings (SSSR count). The Balaban J connectivity index is 1.36. The van der Waals surface area contributed by atoms with Gasteiger partial charge in [-0.05, 0) is 67.2 Å². The molecule has 36 heavy (non-hydrogen) atoms. The van der Waals surface area contributed by atoms with Gasteiger partial charge in [0.15, 0.2) is 0 Å². The van der Waals surface area contributed by atoms with Gasteiger partial charge in [0.1, 0.15) is 0 Å². The maximum absolute atomic E-state index is 12.8. The largest absolute Gasteiger partial charge is 0.379 e. The van der Waals surface area contributed by atoms with Crippen molar-refractivity contribution < 1.29 is 9.53 Å². The lowest BCUT2D eigenvalue weighted by Crippen LogP contribution is -2.54. The van der Waals surface area contributed by atoms with Crippen molar-refractivity contribution >= 4 is 16.7 Å². The van der Waals surface area contributed by atoms with Gasteiger partial charge in [-0.15, -0.1) is 0 Å². The number of rotatable bonds is 10. The van der Waals surface area contributed by atoms with Crippen LogP contribution in [0.2, 0.25) is 0 Å². The zero-order valence-corrected chi connectivity index (χ0v) is 22.8. The topological polar surface area (TPSA) is 48.1 Å². The molecule has 0 bridgehead atoms. The number of fused-ring (bicyclic) bond motifs is 1. The summed E-state index contributed by atoms with van der Waals surface area (Å²) in [6.45, 7) is 12.9. The van der Waals surface area contributed by atoms with E-state index in [1.54, 1.807) is 0 Å². The van der Waals surface area contributed by atoms with Gasteiger partial charge in [0.25, 0.3) is 0 Å². The fraction of sp³-hybridized carbons (Fsp3) is 0.633. The fourth-order valence-corrected chi connectivity index (χ4v) is 6.16. The predicted octanol–water partition coefficient (Wildman–Crippen LogP) is 3.85. The van der Waals surface area contributed by atoms with Gasteiger partial charge in [0, 0.05) is 51.7 Å². The zero-order valence-electron chi connectivity index (χ0n) is 22.8. The van der Waals surface area contributed by atoms with Crippen molar-refractivity contribution in [2.45, 2.75) is 45.7 Å². The Morgan fingerprint density at radius 2 is 1.83 bits per heavy atom. The smallest absolute Gasteiger partial charge is 0.220 e. The van der Waals surface area contributed by atoms with E-state index in [0.29, 0.717) is 18.4 Å². The molecule has 6 heteroatoms. The van der Waals surface area contributed by atoms with E-state index < -0.39 is 0 Å². The first-order valence-corrected chi connectivity index (χ1v) is 13.7. The van der Waals surface area contributed by atoms with Crippen molar-refractivity contribution in [1.82, 2.24) is 20.0 Å². The standard InChI is InChI=1S/C30H46N4O2/c1-30(2,23-32(3)4)22-31-29(35)12-11-27-21-33(14-13-28(27)34-15-17-36-18-16-34)20-24-9-10-25-7-5-6-8-26(25)19-24/h5-10,19,27-28H,11-18,20-23H2,1-4H3,(H,31,35)/t27-,28+/m0/s1. The summed E-state index contributed by atoms with van der Waals surface area (Å²) in [6, 6.07) is 16.0. The fourth-order valence-electron chi connectivity index (χ4n) is 6.16. The van der Waals surface area contributed by atoms with Gasteiger partial charge >= 0.3 is 0 Å². The van der Waals surface area contributed by atoms with E-state index in [9.17, 15) is 4.79 Å². The van der Waals surface area contributed by atoms with Crippen molar-refractivity contribution in [1.29, 1.82) is 0 Å². The highest BCUT2D eigenvalue weighted by Crippen LogP contribution is 2.28. The van der Waals surface area contributed by atoms with Crippen LogP contribution in [-0.2, 0) is 16.1 Å². The van der Waals surface area contributed by atoms with E-state index in [2.05, 4.69) is 90.4 Å². The minimum atomic E-state index is 0.0665. The molecule has 1 N–H and O–H groups in total. The molecule has 0 aromatic heterocycles. The van der Waals surface area contributed by atoms with Crippen molar-refractivity contribution in [3.05, 3.63) is 48.0 Å². The average Bonchev–Trinajstić information content (AvgIpc) is 2.86. The number of hydrogen-bond donors (Lipinski definition) is 1. The first kappa shape index (κ1) is 27.1. The minimum Gasteiger partial charge on any atom is -0.379 e. The highest BCUT2D eigenvalue weighted by atomic mass is 16.5. The summed E-state index contributed by atoms with van der Waals surface area (Å²) in [6.07, 6.45) is 2.71. The van der Waals surface area contributed by atoms with Crippen LogP contribution in [0.15, 0.2) is 42.5 Å². The Hall–Kier alpha value is -1.99. The summed E-state index contributed by atoms with van der Waals surface area (Å²) < 4.78 is 5.63. The second-order valence-corrected chi connectivity index (χ2v) is 11.9. The molecule has 2 aromatic carbocycles. The van der Waals surface area contributed by atoms with E-state index >= 15 is 0 Å². The Labute approximate surface area is 218 Å². The normalized spacial score (nSPS) is 22.2. The number of nitrogens with zero attached hydrogens (tertiary/aromatic N) is 3. The van der Waals surface area contributed by atoms with E-state index in [-0.39, 0.29) is 11.3 Å². The van der Waals surface area contributed by atoms with Crippen molar-refractivity contribution in [3.8, 4) is 0 Å². The molecular weight excluding hydrogens is 448 g/mol. The number of carbonyl (C=O) groups is 1. The molecule has 0 radical (unpaired) electrons. The van der Waals surface area contributed by atoms with Crippen molar-refractivity contribution in [2.24, 2.45) is 11.3 Å². The molecule has 0 saturated carbocycles. The van der Waals surface area contributed by atoms with Crippen LogP contribution < -0.4 is 5.32 Å². The molecule has 2 atom stereocenters. The number of benzene rings is 2. The molecular formula is C30H46N4O2. The molecule has 2 heterocycles. The molecule has 2 fully saturated rings. The molecule has 0 unspecified atom stereocenters. The molecule has 198 valence electrons. The van der Waals surface area contributed by atoms with E-state index in [4.69, 9.17) is 4.74 Å². The first-order valence-electron chi connectivity index (χ1n) is 13.7. The van der Waals surface area contributed by atoms with E-state index in [0.717, 1.165) is 71.9 Å². The SMILES string of the molecule is CN(C)CC(C)(C)CNC(=O)CC[C@H]1CN(Cc2ccc3ccccc3c2)CC[C@H]1N1CCOCC1. The molecule has 2 saturated heterocycles. The van der Waals surface area contributed by atoms with Crippen LogP contribution in [0.5, 0.6) is 0 Å². The van der Waals surface area contributed by atoms with Crippen molar-refractivity contribution in [3.63, 3.8) is 0 Å². The van der Waals surface area contributed by atoms with Crippen LogP contribution in [-0.4, -0.2) is 93.2 Å². The lowest BCUT2D eigenvalue weighted by molar-refractivity contribution is -0.122. The zero-order chi connectivity index (χ0) is 25.5. The molecule has 2 aromatic rings. The van der Waals surface area contributed by atoms with Gasteiger partial charge in [0.2, 0.25) is 5.91 Å². The lowest BCUT2D eigenvalue weighted by Gasteiger charge is -2.45. The lowest BCUT2D eigenvalue weighted by atomic mass is 9.86. The van der Waals surface area contributed by atoms with Gasteiger partial charge in [0.05, 0.1) is 13.2 Å². The van der Waals surface area contributed by atoms with Crippen LogP contribution in [0.1, 0.15) is 38.7 Å². The summed E-state index contributed by atoms with van der Waals surface area (Å²) >= 11 is 0. The van der Waals surface area contributed by atoms with Gasteiger partial charge in [-0.25, -0.2) is 0 Å². The third-order valence-electron chi connectivity index (χ3n) is 7.76. The molecule has 2 aliphatic heterocycles. The Morgan fingerprint density at radius 3 is 2.58 bits per heavy atom. The number of hydrogen-bond acceptors (Lipinski definition) is 5. The second-order valence-electron chi connectivity index (χ2n) is 11.9. The number of nitrogens with one attached hydrogen (secondary N) is 1. The highest BCUT2D eigenvalue weighted by Gasteiger charge is 2.34. The molecule has 0 aliphatic carbocycles. The summed E-state index contributed by atoms with van der Waals surface area (Å²) in [5.74, 6) is 0.687. The summed E-state index contributed by atoms with van der Waals surface area (Å²) in [5, 5.41) is 5.82. The second kappa shape index (κ2) is 12.5. The number of carbonyl (C=O) groups excluding carboxylic acids is 1. The monoisotopic (exact) mass is 494 g/mol. The summed E-state index contributed by atoms with van der Waals surface area (Å²) in [7, 11) is 4.17. The molecule has 1 amide bonds. The van der Waals surface area contributed by atoms with Gasteiger partial charge in [-0.2, -0.15) is 0 Å². The number of piperidine rings is 1. The van der Waals surface area contributed by atoms with E-state index in [1.807, 2.05) is 0 Å². The number of amides is 1. The Bertz CT molecular complexity index is 986. The van der Waals surface area contributed by atoms with Crippen LogP contribution in [0.25, 0.3) is 10.8 Å². The van der Waals surface area contributed by atoms with Gasteiger partial charge in [-0.1, -0.05) is 50.2 Å². The highest BCUT2D eigenvalue weighted by molar-refractivity contribution is 5.83. The van der Waals surface area contributed by atoms with Crippen LogP contribution in [0, 0.1) is 11.3 Å². The van der Waals surface area contributed by atoms with Crippen LogP contribution >= 0.6 is 0 Å². The number of ether oxygens (including phenoxy) is 1. The van der Waals surface area contributed by atoms with Crippen LogP contribution in [0.4, 0.5) is 0 Å². The minimum absolute atomic E-state index is 0.0665. The maximum atomic E-state index is 12.8. The van der Waals surface area contributed by atoms with E-state index in [1.165, 1.54) is 16.3 Å². The summed E-state index contributed by atoms with van der Waals surface area (Å²) in [4.78, 5) is 20.2. The maximum Gasteiger partial charge on any atom is 0.220 e. The van der Waals surface area contributed by atoms with Crippen molar-refractivity contribution in [2.75, 3.05) is 66.6 Å². The average molecular weight is 495 g/mol. The van der Waals surface area contributed by atoms with Gasteiger partial charge < -0.3 is 15.0 Å². The predicted molar refractivity (Wildman–Crippen MR) is 148 cm³/mol. The quantitative estimate of drug-likeness (QED) is 0.544. The summed E-state index contributed by atoms with van der Waals surface area (Å²) in [5.41, 5.74) is 1.44. The molecule has 2 aliphatic rings. The third-order valence-corrected chi connectivity index (χ3v) is 7.76. The Kier molecular flexibility index (Phi) is 9.40. The third kappa shape index (κ3) is 7.75. The number of morpholine rings is 1. The number of likely N-dealkylation sites (tertiary alicyclic amines) is 1.